The van der Waals surface area contributed by atoms with E-state index in [4.69, 9.17) is 16.3 Å². The van der Waals surface area contributed by atoms with Gasteiger partial charge in [-0.15, -0.1) is 0 Å². The number of carbonyl (C=O) groups excluding carboxylic acids is 2. The van der Waals surface area contributed by atoms with Crippen LogP contribution in [0.4, 0.5) is 23.7 Å². The maximum atomic E-state index is 12.2. The second-order valence-corrected chi connectivity index (χ2v) is 4.33. The zero-order valence-electron chi connectivity index (χ0n) is 11.3. The number of anilines is 1. The maximum Gasteiger partial charge on any atom is 0.454 e. The van der Waals surface area contributed by atoms with Gasteiger partial charge in [0, 0.05) is 10.7 Å². The number of alkyl halides is 3. The largest absolute Gasteiger partial charge is 0.479 e. The van der Waals surface area contributed by atoms with Crippen LogP contribution in [0.2, 0.25) is 5.02 Å². The first-order valence-electron chi connectivity index (χ1n) is 6.01. The molecule has 0 atom stereocenters. The fourth-order valence-electron chi connectivity index (χ4n) is 1.28. The first kappa shape index (κ1) is 17.8. The Balaban J connectivity index is 2.74. The highest BCUT2D eigenvalue weighted by molar-refractivity contribution is 6.30. The highest BCUT2D eigenvalue weighted by Crippen LogP contribution is 2.17. The number of carbonyl (C=O) groups is 2. The van der Waals surface area contributed by atoms with Gasteiger partial charge in [0.25, 0.3) is 5.78 Å². The number of amides is 2. The van der Waals surface area contributed by atoms with Crippen molar-refractivity contribution in [3.63, 3.8) is 0 Å². The van der Waals surface area contributed by atoms with E-state index in [9.17, 15) is 22.8 Å². The fraction of sp³-hybridized carbons (Fsp3) is 0.231. The first-order valence-corrected chi connectivity index (χ1v) is 6.39. The molecule has 1 aromatic rings. The van der Waals surface area contributed by atoms with Crippen molar-refractivity contribution in [1.29, 1.82) is 0 Å². The minimum absolute atomic E-state index is 0.0296. The van der Waals surface area contributed by atoms with Gasteiger partial charge in [-0.05, 0) is 31.2 Å². The van der Waals surface area contributed by atoms with Crippen LogP contribution in [0.15, 0.2) is 36.2 Å². The van der Waals surface area contributed by atoms with E-state index in [-0.39, 0.29) is 12.7 Å². The standard InChI is InChI=1S/C13H12ClF3N2O3/c1-2-22-11(7-10(20)13(15,16)17)19-12(21)18-9-5-3-8(14)4-6-9/h3-7H,2H2,1H3,(H2,18,19,21)/b11-7-. The number of ketones is 1. The van der Waals surface area contributed by atoms with Crippen LogP contribution < -0.4 is 10.6 Å². The quantitative estimate of drug-likeness (QED) is 0.639. The molecule has 0 unspecified atom stereocenters. The molecular formula is C13H12ClF3N2O3. The smallest absolute Gasteiger partial charge is 0.454 e. The van der Waals surface area contributed by atoms with Crippen molar-refractivity contribution in [1.82, 2.24) is 5.32 Å². The fourth-order valence-corrected chi connectivity index (χ4v) is 1.40. The number of allylic oxidation sites excluding steroid dienone is 1. The Morgan fingerprint density at radius 3 is 2.36 bits per heavy atom. The summed E-state index contributed by atoms with van der Waals surface area (Å²) in [4.78, 5) is 22.5. The Labute approximate surface area is 129 Å². The van der Waals surface area contributed by atoms with Crippen LogP contribution >= 0.6 is 11.6 Å². The van der Waals surface area contributed by atoms with Crippen LogP contribution in [0.25, 0.3) is 0 Å². The second-order valence-electron chi connectivity index (χ2n) is 3.89. The molecule has 0 radical (unpaired) electrons. The third-order valence-electron chi connectivity index (χ3n) is 2.18. The molecule has 1 aromatic carbocycles. The highest BCUT2D eigenvalue weighted by atomic mass is 35.5. The number of ether oxygens (including phenoxy) is 1. The third-order valence-corrected chi connectivity index (χ3v) is 2.43. The van der Waals surface area contributed by atoms with Gasteiger partial charge >= 0.3 is 12.2 Å². The van der Waals surface area contributed by atoms with Gasteiger partial charge < -0.3 is 10.1 Å². The molecule has 0 aromatic heterocycles. The lowest BCUT2D eigenvalue weighted by atomic mass is 10.3. The van der Waals surface area contributed by atoms with Gasteiger partial charge in [0.15, 0.2) is 5.88 Å². The maximum absolute atomic E-state index is 12.2. The summed E-state index contributed by atoms with van der Waals surface area (Å²) in [6, 6.07) is 5.16. The van der Waals surface area contributed by atoms with Crippen molar-refractivity contribution in [2.24, 2.45) is 0 Å². The molecule has 0 fully saturated rings. The number of hydrogen-bond acceptors (Lipinski definition) is 3. The molecule has 5 nitrogen and oxygen atoms in total. The normalized spacial score (nSPS) is 11.8. The molecule has 2 N–H and O–H groups in total. The van der Waals surface area contributed by atoms with E-state index >= 15 is 0 Å². The summed E-state index contributed by atoms with van der Waals surface area (Å²) >= 11 is 5.67. The van der Waals surface area contributed by atoms with Gasteiger partial charge in [0.1, 0.15) is 0 Å². The van der Waals surface area contributed by atoms with Crippen molar-refractivity contribution < 1.29 is 27.5 Å². The Hall–Kier alpha value is -2.22. The summed E-state index contributed by atoms with van der Waals surface area (Å²) in [7, 11) is 0. The van der Waals surface area contributed by atoms with Gasteiger partial charge in [0.2, 0.25) is 0 Å². The van der Waals surface area contributed by atoms with Crippen LogP contribution in [0, 0.1) is 0 Å². The van der Waals surface area contributed by atoms with Crippen LogP contribution in [0.5, 0.6) is 0 Å². The molecule has 0 spiro atoms. The molecule has 9 heteroatoms. The lowest BCUT2D eigenvalue weighted by Crippen LogP contribution is -2.31. The summed E-state index contributed by atoms with van der Waals surface area (Å²) in [6.07, 6.45) is -4.87. The number of hydrogen-bond donors (Lipinski definition) is 2. The van der Waals surface area contributed by atoms with Gasteiger partial charge in [-0.25, -0.2) is 4.79 Å². The van der Waals surface area contributed by atoms with Crippen molar-refractivity contribution in [2.45, 2.75) is 13.1 Å². The average Bonchev–Trinajstić information content (AvgIpc) is 2.40. The summed E-state index contributed by atoms with van der Waals surface area (Å²) in [5.41, 5.74) is 0.361. The molecular weight excluding hydrogens is 325 g/mol. The van der Waals surface area contributed by atoms with E-state index in [1.807, 2.05) is 5.32 Å². The highest BCUT2D eigenvalue weighted by Gasteiger charge is 2.37. The van der Waals surface area contributed by atoms with Crippen LogP contribution in [0.3, 0.4) is 0 Å². The number of nitrogens with one attached hydrogen (secondary N) is 2. The topological polar surface area (TPSA) is 67.4 Å². The van der Waals surface area contributed by atoms with Crippen LogP contribution in [-0.4, -0.2) is 24.6 Å². The predicted molar refractivity (Wildman–Crippen MR) is 74.4 cm³/mol. The molecule has 0 saturated carbocycles. The number of rotatable bonds is 5. The summed E-state index contributed by atoms with van der Waals surface area (Å²) in [5, 5.41) is 4.82. The molecule has 0 aliphatic carbocycles. The van der Waals surface area contributed by atoms with Gasteiger partial charge in [-0.1, -0.05) is 11.6 Å². The SMILES string of the molecule is CCO/C(=C\C(=O)C(F)(F)F)NC(=O)Nc1ccc(Cl)cc1. The third kappa shape index (κ3) is 6.04. The lowest BCUT2D eigenvalue weighted by molar-refractivity contribution is -0.165. The van der Waals surface area contributed by atoms with Crippen LogP contribution in [0.1, 0.15) is 6.92 Å². The Kier molecular flexibility index (Phi) is 6.24. The van der Waals surface area contributed by atoms with E-state index < -0.39 is 23.9 Å². The number of halogens is 4. The monoisotopic (exact) mass is 336 g/mol. The molecule has 120 valence electrons. The van der Waals surface area contributed by atoms with Crippen molar-refractivity contribution in [2.75, 3.05) is 11.9 Å². The zero-order valence-corrected chi connectivity index (χ0v) is 12.1. The van der Waals surface area contributed by atoms with E-state index in [1.54, 1.807) is 0 Å². The molecule has 22 heavy (non-hydrogen) atoms. The zero-order chi connectivity index (χ0) is 16.8. The molecule has 0 saturated heterocycles. The van der Waals surface area contributed by atoms with E-state index in [1.165, 1.54) is 31.2 Å². The summed E-state index contributed by atoms with van der Waals surface area (Å²) in [5.74, 6) is -2.74. The Morgan fingerprint density at radius 1 is 1.27 bits per heavy atom. The molecule has 0 aliphatic rings. The van der Waals surface area contributed by atoms with E-state index in [0.29, 0.717) is 10.7 Å². The van der Waals surface area contributed by atoms with Gasteiger partial charge in [-0.2, -0.15) is 13.2 Å². The summed E-state index contributed by atoms with van der Waals surface area (Å²) < 4.78 is 41.3. The molecule has 2 amide bonds. The summed E-state index contributed by atoms with van der Waals surface area (Å²) in [6.45, 7) is 1.46. The lowest BCUT2D eigenvalue weighted by Gasteiger charge is -2.12. The number of urea groups is 1. The molecule has 1 rings (SSSR count). The molecule has 0 bridgehead atoms. The van der Waals surface area contributed by atoms with Crippen molar-refractivity contribution >= 4 is 29.1 Å². The second kappa shape index (κ2) is 7.69. The predicted octanol–water partition coefficient (Wildman–Crippen LogP) is 3.47. The minimum atomic E-state index is -5.04. The van der Waals surface area contributed by atoms with Gasteiger partial charge in [0.05, 0.1) is 12.7 Å². The molecule has 0 heterocycles. The van der Waals surface area contributed by atoms with Gasteiger partial charge in [-0.3, -0.25) is 10.1 Å². The van der Waals surface area contributed by atoms with Crippen molar-refractivity contribution in [3.8, 4) is 0 Å². The van der Waals surface area contributed by atoms with Crippen LogP contribution in [-0.2, 0) is 9.53 Å². The van der Waals surface area contributed by atoms with Crippen molar-refractivity contribution in [3.05, 3.63) is 41.2 Å². The first-order chi connectivity index (χ1) is 10.2. The van der Waals surface area contributed by atoms with E-state index in [0.717, 1.165) is 0 Å². The number of benzene rings is 1. The average molecular weight is 337 g/mol. The minimum Gasteiger partial charge on any atom is -0.479 e. The van der Waals surface area contributed by atoms with E-state index in [2.05, 4.69) is 5.32 Å². The Bertz CT molecular complexity index is 571. The Morgan fingerprint density at radius 2 is 1.86 bits per heavy atom. The molecule has 0 aliphatic heterocycles.